The van der Waals surface area contributed by atoms with Gasteiger partial charge in [-0.05, 0) is 49.4 Å². The second-order valence-corrected chi connectivity index (χ2v) is 7.53. The molecule has 0 aromatic heterocycles. The van der Waals surface area contributed by atoms with Gasteiger partial charge in [0, 0.05) is 44.7 Å². The number of hydrogen-bond donors (Lipinski definition) is 3. The lowest BCUT2D eigenvalue weighted by Crippen LogP contribution is -2.34. The van der Waals surface area contributed by atoms with Gasteiger partial charge in [0.05, 0.1) is 30.7 Å². The summed E-state index contributed by atoms with van der Waals surface area (Å²) >= 11 is 0. The van der Waals surface area contributed by atoms with Gasteiger partial charge in [0.15, 0.2) is 0 Å². The van der Waals surface area contributed by atoms with Crippen LogP contribution in [0.2, 0.25) is 0 Å². The molecule has 0 unspecified atom stereocenters. The highest BCUT2D eigenvalue weighted by Crippen LogP contribution is 2.43. The van der Waals surface area contributed by atoms with E-state index in [1.54, 1.807) is 7.11 Å². The topological polar surface area (TPSA) is 77.6 Å². The quantitative estimate of drug-likeness (QED) is 0.530. The molecule has 2 aromatic carbocycles. The van der Waals surface area contributed by atoms with Crippen LogP contribution in [-0.2, 0) is 12.8 Å². The monoisotopic (exact) mass is 395 g/mol. The van der Waals surface area contributed by atoms with Crippen molar-refractivity contribution in [1.82, 2.24) is 0 Å². The minimum Gasteiger partial charge on any atom is -0.494 e. The fourth-order valence-corrected chi connectivity index (χ4v) is 4.35. The standard InChI is InChI=1S/C13H18N2O.C10H15N3/c1-16-13-10-5-3-7-15-6-2-4-9(12(10)15)8-11(13)14;1-12-9-5-3-4-6-10(9)13(2)8-7-11/h8H,2-7,14H2,1H3;3-7,11-12H,8H2,1-2H3. The van der Waals surface area contributed by atoms with E-state index in [9.17, 15) is 0 Å². The van der Waals surface area contributed by atoms with Gasteiger partial charge in [-0.25, -0.2) is 0 Å². The van der Waals surface area contributed by atoms with E-state index >= 15 is 0 Å². The number of anilines is 4. The molecule has 0 fully saturated rings. The molecule has 2 aliphatic rings. The Labute approximate surface area is 174 Å². The van der Waals surface area contributed by atoms with Gasteiger partial charge in [0.2, 0.25) is 0 Å². The number of nitrogens with zero attached hydrogens (tertiary/aromatic N) is 2. The molecule has 6 nitrogen and oxygen atoms in total. The molecule has 0 aliphatic carbocycles. The van der Waals surface area contributed by atoms with E-state index in [1.165, 1.54) is 49.0 Å². The average molecular weight is 396 g/mol. The second kappa shape index (κ2) is 9.54. The summed E-state index contributed by atoms with van der Waals surface area (Å²) < 4.78 is 5.46. The largest absolute Gasteiger partial charge is 0.494 e. The van der Waals surface area contributed by atoms with Gasteiger partial charge in [-0.3, -0.25) is 0 Å². The predicted octanol–water partition coefficient (Wildman–Crippen LogP) is 3.79. The number of para-hydroxylation sites is 2. The fraction of sp³-hybridized carbons (Fsp3) is 0.435. The van der Waals surface area contributed by atoms with Crippen molar-refractivity contribution in [1.29, 1.82) is 5.41 Å². The number of rotatable bonds is 5. The molecule has 0 atom stereocenters. The Bertz CT molecular complexity index is 849. The Morgan fingerprint density at radius 2 is 1.97 bits per heavy atom. The van der Waals surface area contributed by atoms with Gasteiger partial charge in [-0.15, -0.1) is 0 Å². The molecular formula is C23H33N5O. The van der Waals surface area contributed by atoms with Crippen molar-refractivity contribution in [2.45, 2.75) is 25.7 Å². The van der Waals surface area contributed by atoms with Gasteiger partial charge in [-0.2, -0.15) is 0 Å². The van der Waals surface area contributed by atoms with Crippen molar-refractivity contribution >= 4 is 29.0 Å². The minimum absolute atomic E-state index is 0.638. The smallest absolute Gasteiger partial charge is 0.147 e. The number of benzene rings is 2. The highest BCUT2D eigenvalue weighted by Gasteiger charge is 2.27. The van der Waals surface area contributed by atoms with Crippen LogP contribution in [0.1, 0.15) is 24.0 Å². The van der Waals surface area contributed by atoms with E-state index in [-0.39, 0.29) is 0 Å². The van der Waals surface area contributed by atoms with Crippen LogP contribution in [-0.4, -0.2) is 47.1 Å². The first-order valence-electron chi connectivity index (χ1n) is 10.3. The van der Waals surface area contributed by atoms with Crippen LogP contribution in [0, 0.1) is 5.41 Å². The lowest BCUT2D eigenvalue weighted by molar-refractivity contribution is 0.409. The van der Waals surface area contributed by atoms with Crippen molar-refractivity contribution in [2.75, 3.05) is 61.7 Å². The van der Waals surface area contributed by atoms with Crippen LogP contribution in [0.3, 0.4) is 0 Å². The van der Waals surface area contributed by atoms with E-state index < -0.39 is 0 Å². The van der Waals surface area contributed by atoms with Crippen LogP contribution >= 0.6 is 0 Å². The van der Waals surface area contributed by atoms with Gasteiger partial charge in [0.1, 0.15) is 5.75 Å². The van der Waals surface area contributed by atoms with Crippen molar-refractivity contribution in [3.63, 3.8) is 0 Å². The van der Waals surface area contributed by atoms with Gasteiger partial charge >= 0.3 is 0 Å². The highest BCUT2D eigenvalue weighted by atomic mass is 16.5. The lowest BCUT2D eigenvalue weighted by Gasteiger charge is -2.37. The molecule has 156 valence electrons. The number of nitrogens with two attached hydrogens (primary N) is 1. The maximum absolute atomic E-state index is 7.02. The summed E-state index contributed by atoms with van der Waals surface area (Å²) in [5.41, 5.74) is 13.2. The molecule has 2 aliphatic heterocycles. The number of aryl methyl sites for hydroxylation is 1. The Morgan fingerprint density at radius 3 is 2.66 bits per heavy atom. The molecule has 0 bridgehead atoms. The first-order chi connectivity index (χ1) is 14.1. The Balaban J connectivity index is 0.000000170. The van der Waals surface area contributed by atoms with Crippen molar-refractivity contribution in [2.24, 2.45) is 0 Å². The van der Waals surface area contributed by atoms with E-state index in [0.29, 0.717) is 6.54 Å². The normalized spacial score (nSPS) is 14.2. The second-order valence-electron chi connectivity index (χ2n) is 7.53. The summed E-state index contributed by atoms with van der Waals surface area (Å²) in [5.74, 6) is 0.908. The Morgan fingerprint density at radius 1 is 1.24 bits per heavy atom. The molecule has 6 heteroatoms. The fourth-order valence-electron chi connectivity index (χ4n) is 4.35. The zero-order chi connectivity index (χ0) is 20.8. The zero-order valence-corrected chi connectivity index (χ0v) is 17.8. The summed E-state index contributed by atoms with van der Waals surface area (Å²) in [6.45, 7) is 3.01. The number of ether oxygens (including phenoxy) is 1. The minimum atomic E-state index is 0.638. The van der Waals surface area contributed by atoms with Crippen molar-refractivity contribution in [3.05, 3.63) is 41.5 Å². The molecule has 4 rings (SSSR count). The first kappa shape index (κ1) is 20.8. The number of nitrogen functional groups attached to an aromatic ring is 1. The summed E-state index contributed by atoms with van der Waals surface area (Å²) in [6.07, 6.45) is 6.12. The third kappa shape index (κ3) is 4.42. The van der Waals surface area contributed by atoms with Crippen LogP contribution in [0.4, 0.5) is 22.7 Å². The molecule has 2 heterocycles. The predicted molar refractivity (Wildman–Crippen MR) is 124 cm³/mol. The van der Waals surface area contributed by atoms with Gasteiger partial charge in [-0.1, -0.05) is 12.1 Å². The summed E-state index contributed by atoms with van der Waals surface area (Å²) in [7, 11) is 5.59. The molecule has 4 N–H and O–H groups in total. The maximum Gasteiger partial charge on any atom is 0.147 e. The molecule has 0 radical (unpaired) electrons. The maximum atomic E-state index is 7.02. The van der Waals surface area contributed by atoms with E-state index in [1.807, 2.05) is 43.3 Å². The van der Waals surface area contributed by atoms with E-state index in [2.05, 4.69) is 16.3 Å². The van der Waals surface area contributed by atoms with Crippen LogP contribution < -0.4 is 25.6 Å². The number of nitrogens with one attached hydrogen (secondary N) is 2. The average Bonchev–Trinajstić information content (AvgIpc) is 2.75. The lowest BCUT2D eigenvalue weighted by atomic mass is 9.90. The van der Waals surface area contributed by atoms with Gasteiger partial charge < -0.3 is 31.0 Å². The third-order valence-electron chi connectivity index (χ3n) is 5.66. The van der Waals surface area contributed by atoms with Crippen molar-refractivity contribution < 1.29 is 4.74 Å². The van der Waals surface area contributed by atoms with Crippen LogP contribution in [0.25, 0.3) is 0 Å². The van der Waals surface area contributed by atoms with Crippen LogP contribution in [0.15, 0.2) is 30.3 Å². The van der Waals surface area contributed by atoms with Crippen molar-refractivity contribution in [3.8, 4) is 5.75 Å². The first-order valence-corrected chi connectivity index (χ1v) is 10.3. The highest BCUT2D eigenvalue weighted by molar-refractivity contribution is 5.75. The molecule has 0 spiro atoms. The molecule has 0 amide bonds. The third-order valence-corrected chi connectivity index (χ3v) is 5.66. The summed E-state index contributed by atoms with van der Waals surface area (Å²) in [6, 6.07) is 10.2. The van der Waals surface area contributed by atoms with E-state index in [4.69, 9.17) is 15.9 Å². The molecule has 0 saturated heterocycles. The molecular weight excluding hydrogens is 362 g/mol. The molecule has 29 heavy (non-hydrogen) atoms. The Hall–Kier alpha value is -2.89. The van der Waals surface area contributed by atoms with Gasteiger partial charge in [0.25, 0.3) is 0 Å². The summed E-state index contributed by atoms with van der Waals surface area (Å²) in [4.78, 5) is 4.53. The number of hydrogen-bond acceptors (Lipinski definition) is 6. The summed E-state index contributed by atoms with van der Waals surface area (Å²) in [5, 5.41) is 10.1. The molecule has 2 aromatic rings. The zero-order valence-electron chi connectivity index (χ0n) is 17.8. The SMILES string of the molecule is CNc1ccccc1N(C)CC=N.COc1c(N)cc2c3c1CCCN3CCC2. The molecule has 0 saturated carbocycles. The van der Waals surface area contributed by atoms with Crippen LogP contribution in [0.5, 0.6) is 5.75 Å². The Kier molecular flexibility index (Phi) is 6.86. The number of methoxy groups -OCH3 is 1. The van der Waals surface area contributed by atoms with E-state index in [0.717, 1.165) is 35.7 Å².